The van der Waals surface area contributed by atoms with Crippen LogP contribution in [-0.2, 0) is 0 Å². The van der Waals surface area contributed by atoms with E-state index in [9.17, 15) is 14.7 Å². The number of hydrogen-bond donors (Lipinski definition) is 1. The van der Waals surface area contributed by atoms with Gasteiger partial charge in [0.1, 0.15) is 18.5 Å². The topological polar surface area (TPSA) is 70.1 Å². The van der Waals surface area contributed by atoms with E-state index in [1.165, 1.54) is 10.5 Å². The summed E-state index contributed by atoms with van der Waals surface area (Å²) < 4.78 is 5.97. The number of carbonyl (C=O) groups is 2. The van der Waals surface area contributed by atoms with Crippen LogP contribution in [0.4, 0.5) is 0 Å². The van der Waals surface area contributed by atoms with Gasteiger partial charge in [0, 0.05) is 29.6 Å². The van der Waals surface area contributed by atoms with Crippen molar-refractivity contribution >= 4 is 22.6 Å². The number of likely N-dealkylation sites (tertiary alicyclic amines) is 1. The number of aliphatic hydroxyl groups is 1. The minimum atomic E-state index is -0.580. The lowest BCUT2D eigenvalue weighted by atomic mass is 9.91. The molecule has 2 amide bonds. The number of aryl methyl sites for hydroxylation is 3. The maximum atomic E-state index is 13.2. The Kier molecular flexibility index (Phi) is 6.82. The molecule has 0 bridgehead atoms. The molecule has 36 heavy (non-hydrogen) atoms. The van der Waals surface area contributed by atoms with Gasteiger partial charge < -0.3 is 14.7 Å². The van der Waals surface area contributed by atoms with Gasteiger partial charge in [0.25, 0.3) is 11.8 Å². The van der Waals surface area contributed by atoms with E-state index in [2.05, 4.69) is 24.0 Å². The van der Waals surface area contributed by atoms with Crippen molar-refractivity contribution in [1.82, 2.24) is 9.80 Å². The third-order valence-electron chi connectivity index (χ3n) is 7.50. The summed E-state index contributed by atoms with van der Waals surface area (Å²) in [7, 11) is 0. The summed E-state index contributed by atoms with van der Waals surface area (Å²) in [4.78, 5) is 30.1. The van der Waals surface area contributed by atoms with Crippen LogP contribution in [0.25, 0.3) is 10.8 Å². The second-order valence-corrected chi connectivity index (χ2v) is 10.4. The molecule has 0 radical (unpaired) electrons. The van der Waals surface area contributed by atoms with Crippen LogP contribution in [0.2, 0.25) is 0 Å². The number of nitrogens with zero attached hydrogens (tertiary/aromatic N) is 2. The number of amides is 2. The van der Waals surface area contributed by atoms with E-state index in [0.717, 1.165) is 53.6 Å². The van der Waals surface area contributed by atoms with Gasteiger partial charge >= 0.3 is 0 Å². The molecule has 6 heteroatoms. The Morgan fingerprint density at radius 2 is 1.53 bits per heavy atom. The molecule has 2 heterocycles. The molecule has 2 aliphatic heterocycles. The molecule has 3 aromatic carbocycles. The second kappa shape index (κ2) is 10.0. The first-order valence-electron chi connectivity index (χ1n) is 12.8. The van der Waals surface area contributed by atoms with Gasteiger partial charge in [0.15, 0.2) is 0 Å². The molecule has 1 atom stereocenters. The monoisotopic (exact) mass is 486 g/mol. The molecule has 0 saturated carbocycles. The van der Waals surface area contributed by atoms with Crippen LogP contribution in [0, 0.1) is 26.7 Å². The molecule has 6 nitrogen and oxygen atoms in total. The van der Waals surface area contributed by atoms with Gasteiger partial charge in [-0.15, -0.1) is 0 Å². The lowest BCUT2D eigenvalue weighted by molar-refractivity contribution is 0.0452. The molecular formula is C30H34N2O4. The fourth-order valence-electron chi connectivity index (χ4n) is 5.78. The number of β-amino-alcohol motifs (C(OH)–C–C–N with tert-alkyl or cyclic N) is 1. The summed E-state index contributed by atoms with van der Waals surface area (Å²) in [5.74, 6) is 0.721. The van der Waals surface area contributed by atoms with Gasteiger partial charge in [0.2, 0.25) is 0 Å². The highest BCUT2D eigenvalue weighted by Crippen LogP contribution is 2.31. The summed E-state index contributed by atoms with van der Waals surface area (Å²) in [6, 6.07) is 15.5. The Hall–Kier alpha value is -3.22. The molecule has 3 aromatic rings. The molecule has 1 N–H and O–H groups in total. The van der Waals surface area contributed by atoms with Gasteiger partial charge in [0.05, 0.1) is 0 Å². The van der Waals surface area contributed by atoms with E-state index in [4.69, 9.17) is 4.74 Å². The first kappa shape index (κ1) is 24.5. The number of piperidine rings is 1. The number of carbonyl (C=O) groups excluding carboxylic acids is 2. The first-order valence-corrected chi connectivity index (χ1v) is 12.8. The minimum absolute atomic E-state index is 0.194. The van der Waals surface area contributed by atoms with Crippen molar-refractivity contribution in [3.63, 3.8) is 0 Å². The highest BCUT2D eigenvalue weighted by molar-refractivity contribution is 6.25. The SMILES string of the molecule is Cc1cc(C)c(OCC(O)CN2CCC(CN3C(=O)c4cccc5cccc(c45)C3=O)CC2)c(C)c1. The van der Waals surface area contributed by atoms with Crippen molar-refractivity contribution in [3.8, 4) is 5.75 Å². The zero-order valence-electron chi connectivity index (χ0n) is 21.3. The van der Waals surface area contributed by atoms with Crippen LogP contribution in [0.1, 0.15) is 50.2 Å². The second-order valence-electron chi connectivity index (χ2n) is 10.4. The smallest absolute Gasteiger partial charge is 0.261 e. The zero-order chi connectivity index (χ0) is 25.4. The Morgan fingerprint density at radius 1 is 0.944 bits per heavy atom. The summed E-state index contributed by atoms with van der Waals surface area (Å²) in [5, 5.41) is 12.3. The average molecular weight is 487 g/mol. The van der Waals surface area contributed by atoms with Crippen LogP contribution >= 0.6 is 0 Å². The maximum Gasteiger partial charge on any atom is 0.261 e. The Balaban J connectivity index is 1.14. The number of ether oxygens (including phenoxy) is 1. The van der Waals surface area contributed by atoms with E-state index in [0.29, 0.717) is 24.2 Å². The Morgan fingerprint density at radius 3 is 2.11 bits per heavy atom. The van der Waals surface area contributed by atoms with Crippen LogP contribution < -0.4 is 4.74 Å². The van der Waals surface area contributed by atoms with Gasteiger partial charge in [-0.05, 0) is 81.3 Å². The number of benzene rings is 3. The van der Waals surface area contributed by atoms with Crippen LogP contribution in [0.5, 0.6) is 5.75 Å². The third-order valence-corrected chi connectivity index (χ3v) is 7.50. The molecule has 0 aromatic heterocycles. The van der Waals surface area contributed by atoms with Crippen molar-refractivity contribution in [1.29, 1.82) is 0 Å². The highest BCUT2D eigenvalue weighted by atomic mass is 16.5. The number of hydrogen-bond acceptors (Lipinski definition) is 5. The van der Waals surface area contributed by atoms with E-state index < -0.39 is 6.10 Å². The normalized spacial score (nSPS) is 17.6. The van der Waals surface area contributed by atoms with E-state index in [-0.39, 0.29) is 24.3 Å². The highest BCUT2D eigenvalue weighted by Gasteiger charge is 2.35. The molecule has 0 spiro atoms. The van der Waals surface area contributed by atoms with Crippen LogP contribution in [-0.4, -0.2) is 65.6 Å². The number of rotatable bonds is 7. The van der Waals surface area contributed by atoms with Gasteiger partial charge in [-0.3, -0.25) is 14.5 Å². The van der Waals surface area contributed by atoms with E-state index in [1.54, 1.807) is 0 Å². The summed E-state index contributed by atoms with van der Waals surface area (Å²) in [6.45, 7) is 9.03. The fraction of sp³-hybridized carbons (Fsp3) is 0.400. The van der Waals surface area contributed by atoms with Crippen molar-refractivity contribution in [2.24, 2.45) is 5.92 Å². The molecule has 5 rings (SSSR count). The number of aliphatic hydroxyl groups excluding tert-OH is 1. The Labute approximate surface area is 212 Å². The zero-order valence-corrected chi connectivity index (χ0v) is 21.3. The predicted molar refractivity (Wildman–Crippen MR) is 141 cm³/mol. The number of imide groups is 1. The summed E-state index contributed by atoms with van der Waals surface area (Å²) >= 11 is 0. The van der Waals surface area contributed by atoms with Crippen LogP contribution in [0.3, 0.4) is 0 Å². The van der Waals surface area contributed by atoms with Crippen LogP contribution in [0.15, 0.2) is 48.5 Å². The minimum Gasteiger partial charge on any atom is -0.490 e. The summed E-state index contributed by atoms with van der Waals surface area (Å²) in [6.07, 6.45) is 1.18. The molecule has 188 valence electrons. The quantitative estimate of drug-likeness (QED) is 0.498. The van der Waals surface area contributed by atoms with Crippen molar-refractivity contribution in [2.75, 3.05) is 32.8 Å². The average Bonchev–Trinajstić information content (AvgIpc) is 2.85. The largest absolute Gasteiger partial charge is 0.490 e. The first-order chi connectivity index (χ1) is 17.3. The molecular weight excluding hydrogens is 452 g/mol. The van der Waals surface area contributed by atoms with Crippen molar-refractivity contribution in [2.45, 2.75) is 39.7 Å². The molecule has 0 aliphatic carbocycles. The van der Waals surface area contributed by atoms with Gasteiger partial charge in [-0.2, -0.15) is 0 Å². The lowest BCUT2D eigenvalue weighted by Crippen LogP contribution is -2.46. The third kappa shape index (κ3) is 4.75. The molecule has 1 saturated heterocycles. The van der Waals surface area contributed by atoms with Gasteiger partial charge in [-0.25, -0.2) is 0 Å². The standard InChI is InChI=1S/C30H34N2O4/c1-19-14-20(2)28(21(3)15-19)36-18-24(33)17-31-12-10-22(11-13-31)16-32-29(34)25-8-4-6-23-7-5-9-26(27(23)25)30(32)35/h4-9,14-15,22,24,33H,10-13,16-18H2,1-3H3. The van der Waals surface area contributed by atoms with Gasteiger partial charge in [-0.1, -0.05) is 42.0 Å². The van der Waals surface area contributed by atoms with Crippen molar-refractivity contribution in [3.05, 3.63) is 76.3 Å². The Bertz CT molecular complexity index is 1240. The molecule has 2 aliphatic rings. The molecule has 1 unspecified atom stereocenters. The maximum absolute atomic E-state index is 13.2. The summed E-state index contributed by atoms with van der Waals surface area (Å²) in [5.41, 5.74) is 4.60. The predicted octanol–water partition coefficient (Wildman–Crippen LogP) is 4.51. The van der Waals surface area contributed by atoms with E-state index in [1.807, 2.05) is 50.2 Å². The van der Waals surface area contributed by atoms with E-state index >= 15 is 0 Å². The molecule has 1 fully saturated rings. The van der Waals surface area contributed by atoms with Crippen molar-refractivity contribution < 1.29 is 19.4 Å². The fourth-order valence-corrected chi connectivity index (χ4v) is 5.78. The lowest BCUT2D eigenvalue weighted by Gasteiger charge is -2.36.